The molecule has 0 bridgehead atoms. The highest BCUT2D eigenvalue weighted by Crippen LogP contribution is 2.44. The molecule has 6 rings (SSSR count). The average Bonchev–Trinajstić information content (AvgIpc) is 3.06. The fourth-order valence-electron chi connectivity index (χ4n) is 5.13. The number of Topliss-reactive ketones (excluding diaryl/α,β-unsaturated/α-hetero) is 1. The summed E-state index contributed by atoms with van der Waals surface area (Å²) in [5.74, 6) is 0.820. The van der Waals surface area contributed by atoms with E-state index in [1.165, 1.54) is 6.26 Å². The summed E-state index contributed by atoms with van der Waals surface area (Å²) in [6, 6.07) is 22.2. The normalized spacial score (nSPS) is 19.3. The van der Waals surface area contributed by atoms with E-state index in [0.29, 0.717) is 34.9 Å². The molecule has 2 heterocycles. The number of fused-ring (bicyclic) bond motifs is 2. The van der Waals surface area contributed by atoms with Gasteiger partial charge in [-0.2, -0.15) is 0 Å². The summed E-state index contributed by atoms with van der Waals surface area (Å²) in [7, 11) is 1.64. The fraction of sp³-hybridized carbons (Fsp3) is 0.172. The van der Waals surface area contributed by atoms with Crippen LogP contribution in [0, 0.1) is 0 Å². The van der Waals surface area contributed by atoms with Crippen LogP contribution in [0.2, 0.25) is 0 Å². The molecule has 0 fully saturated rings. The lowest BCUT2D eigenvalue weighted by Crippen LogP contribution is -2.29. The maximum atomic E-state index is 13.7. The van der Waals surface area contributed by atoms with Gasteiger partial charge in [0.25, 0.3) is 0 Å². The number of carbonyl (C=O) groups excluding carboxylic acids is 1. The van der Waals surface area contributed by atoms with E-state index in [-0.39, 0.29) is 17.1 Å². The summed E-state index contributed by atoms with van der Waals surface area (Å²) < 4.78 is 11.1. The van der Waals surface area contributed by atoms with E-state index in [0.717, 1.165) is 28.4 Å². The first-order valence-corrected chi connectivity index (χ1v) is 11.7. The van der Waals surface area contributed by atoms with Gasteiger partial charge < -0.3 is 19.8 Å². The lowest BCUT2D eigenvalue weighted by Gasteiger charge is -2.29. The molecule has 0 spiro atoms. The van der Waals surface area contributed by atoms with E-state index in [2.05, 4.69) is 10.6 Å². The van der Waals surface area contributed by atoms with Gasteiger partial charge in [0.05, 0.1) is 35.5 Å². The number of carbonyl (C=O) groups is 1. The van der Waals surface area contributed by atoms with E-state index in [1.54, 1.807) is 19.2 Å². The van der Waals surface area contributed by atoms with Crippen LogP contribution in [0.25, 0.3) is 11.0 Å². The summed E-state index contributed by atoms with van der Waals surface area (Å²) in [5, 5.41) is 7.47. The molecule has 0 radical (unpaired) electrons. The van der Waals surface area contributed by atoms with Crippen LogP contribution in [0.4, 0.5) is 11.4 Å². The SMILES string of the molecule is COc1ccc([C@H]2CC(=O)C3=C(C2)Nc2ccccc2N[C@@H]3c2coc3ccccc3c2=O)cc1. The van der Waals surface area contributed by atoms with Gasteiger partial charge in [0.2, 0.25) is 0 Å². The van der Waals surface area contributed by atoms with Crippen molar-refractivity contribution in [3.63, 3.8) is 0 Å². The molecule has 0 saturated heterocycles. The molecule has 1 aromatic heterocycles. The summed E-state index contributed by atoms with van der Waals surface area (Å²) in [4.78, 5) is 27.2. The van der Waals surface area contributed by atoms with Gasteiger partial charge in [-0.15, -0.1) is 0 Å². The number of para-hydroxylation sites is 3. The van der Waals surface area contributed by atoms with Crippen molar-refractivity contribution in [2.24, 2.45) is 0 Å². The van der Waals surface area contributed by atoms with E-state index in [4.69, 9.17) is 9.15 Å². The van der Waals surface area contributed by atoms with E-state index in [9.17, 15) is 9.59 Å². The van der Waals surface area contributed by atoms with Crippen molar-refractivity contribution in [1.82, 2.24) is 0 Å². The number of benzene rings is 3. The van der Waals surface area contributed by atoms with Crippen LogP contribution in [-0.4, -0.2) is 12.9 Å². The molecule has 0 amide bonds. The zero-order valence-electron chi connectivity index (χ0n) is 19.2. The van der Waals surface area contributed by atoms with E-state index < -0.39 is 6.04 Å². The number of anilines is 2. The Bertz CT molecular complexity index is 1530. The standard InChI is InChI=1S/C29H24N2O4/c1-34-19-12-10-17(11-13-19)18-14-24-27(25(32)15-18)28(31-23-8-4-3-7-22(23)30-24)21-16-35-26-9-5-2-6-20(26)29(21)33/h2-13,16,18,28,30-31H,14-15H2,1H3/t18-,28-/m1/s1. The Hall–Kier alpha value is -4.32. The molecular formula is C29H24N2O4. The first kappa shape index (κ1) is 21.2. The zero-order valence-corrected chi connectivity index (χ0v) is 19.2. The molecule has 6 nitrogen and oxygen atoms in total. The Morgan fingerprint density at radius 1 is 0.886 bits per heavy atom. The van der Waals surface area contributed by atoms with Crippen LogP contribution in [0.3, 0.4) is 0 Å². The predicted molar refractivity (Wildman–Crippen MR) is 136 cm³/mol. The van der Waals surface area contributed by atoms with Crippen LogP contribution < -0.4 is 20.8 Å². The quantitative estimate of drug-likeness (QED) is 0.400. The van der Waals surface area contributed by atoms with Crippen molar-refractivity contribution < 1.29 is 13.9 Å². The Morgan fingerprint density at radius 2 is 1.63 bits per heavy atom. The number of hydrogen-bond acceptors (Lipinski definition) is 6. The number of hydrogen-bond donors (Lipinski definition) is 2. The van der Waals surface area contributed by atoms with E-state index >= 15 is 0 Å². The highest BCUT2D eigenvalue weighted by Gasteiger charge is 2.37. The minimum absolute atomic E-state index is 0.0115. The molecule has 3 aromatic carbocycles. The van der Waals surface area contributed by atoms with Crippen LogP contribution in [0.15, 0.2) is 99.5 Å². The van der Waals surface area contributed by atoms with Crippen molar-refractivity contribution in [2.75, 3.05) is 17.7 Å². The molecule has 2 N–H and O–H groups in total. The van der Waals surface area contributed by atoms with Crippen LogP contribution in [-0.2, 0) is 4.79 Å². The minimum atomic E-state index is -0.619. The first-order chi connectivity index (χ1) is 17.1. The number of ketones is 1. The monoisotopic (exact) mass is 464 g/mol. The third-order valence-corrected chi connectivity index (χ3v) is 6.91. The Morgan fingerprint density at radius 3 is 2.43 bits per heavy atom. The summed E-state index contributed by atoms with van der Waals surface area (Å²) in [6.07, 6.45) is 2.50. The molecule has 2 aliphatic rings. The van der Waals surface area contributed by atoms with Crippen molar-refractivity contribution in [3.05, 3.63) is 112 Å². The predicted octanol–water partition coefficient (Wildman–Crippen LogP) is 5.78. The van der Waals surface area contributed by atoms with Gasteiger partial charge in [0.1, 0.15) is 17.6 Å². The summed E-state index contributed by atoms with van der Waals surface area (Å²) in [5.41, 5.74) is 5.01. The smallest absolute Gasteiger partial charge is 0.198 e. The second-order valence-electron chi connectivity index (χ2n) is 8.96. The number of nitrogens with one attached hydrogen (secondary N) is 2. The Balaban J connectivity index is 1.48. The maximum Gasteiger partial charge on any atom is 0.198 e. The van der Waals surface area contributed by atoms with Gasteiger partial charge in [-0.3, -0.25) is 9.59 Å². The molecule has 0 unspecified atom stereocenters. The van der Waals surface area contributed by atoms with Gasteiger partial charge in [-0.25, -0.2) is 0 Å². The molecule has 4 aromatic rings. The minimum Gasteiger partial charge on any atom is -0.497 e. The van der Waals surface area contributed by atoms with Crippen LogP contribution in [0.1, 0.15) is 35.9 Å². The molecule has 0 saturated carbocycles. The number of allylic oxidation sites excluding steroid dienone is 1. The molecular weight excluding hydrogens is 440 g/mol. The zero-order chi connectivity index (χ0) is 23.9. The number of rotatable bonds is 3. The topological polar surface area (TPSA) is 80.6 Å². The molecule has 174 valence electrons. The third kappa shape index (κ3) is 3.67. The summed E-state index contributed by atoms with van der Waals surface area (Å²) >= 11 is 0. The van der Waals surface area contributed by atoms with Gasteiger partial charge in [0.15, 0.2) is 11.2 Å². The highest BCUT2D eigenvalue weighted by molar-refractivity contribution is 6.01. The lowest BCUT2D eigenvalue weighted by atomic mass is 9.78. The fourth-order valence-corrected chi connectivity index (χ4v) is 5.13. The van der Waals surface area contributed by atoms with Crippen molar-refractivity contribution in [2.45, 2.75) is 24.8 Å². The largest absolute Gasteiger partial charge is 0.497 e. The highest BCUT2D eigenvalue weighted by atomic mass is 16.5. The Kier molecular flexibility index (Phi) is 5.14. The molecule has 6 heteroatoms. The van der Waals surface area contributed by atoms with Crippen LogP contribution in [0.5, 0.6) is 5.75 Å². The number of ether oxygens (including phenoxy) is 1. The second-order valence-corrected chi connectivity index (χ2v) is 8.96. The van der Waals surface area contributed by atoms with Gasteiger partial charge >= 0.3 is 0 Å². The molecule has 1 aliphatic heterocycles. The van der Waals surface area contributed by atoms with Gasteiger partial charge in [-0.1, -0.05) is 36.4 Å². The second kappa shape index (κ2) is 8.47. The first-order valence-electron chi connectivity index (χ1n) is 11.7. The van der Waals surface area contributed by atoms with Crippen molar-refractivity contribution in [3.8, 4) is 5.75 Å². The lowest BCUT2D eigenvalue weighted by molar-refractivity contribution is -0.116. The van der Waals surface area contributed by atoms with Crippen LogP contribution >= 0.6 is 0 Å². The van der Waals surface area contributed by atoms with Crippen molar-refractivity contribution in [1.29, 1.82) is 0 Å². The van der Waals surface area contributed by atoms with E-state index in [1.807, 2.05) is 60.7 Å². The maximum absolute atomic E-state index is 13.7. The molecule has 35 heavy (non-hydrogen) atoms. The summed E-state index contributed by atoms with van der Waals surface area (Å²) in [6.45, 7) is 0. The van der Waals surface area contributed by atoms with Crippen molar-refractivity contribution >= 4 is 28.1 Å². The molecule has 1 aliphatic carbocycles. The Labute approximate surface area is 202 Å². The number of methoxy groups -OCH3 is 1. The van der Waals surface area contributed by atoms with Gasteiger partial charge in [0, 0.05) is 17.7 Å². The van der Waals surface area contributed by atoms with Gasteiger partial charge in [-0.05, 0) is 54.3 Å². The average molecular weight is 465 g/mol. The third-order valence-electron chi connectivity index (χ3n) is 6.91. The molecule has 2 atom stereocenters.